The zero-order valence-electron chi connectivity index (χ0n) is 22.4. The smallest absolute Gasteiger partial charge is 0.336 e. The molecule has 2 N–H and O–H groups in total. The number of nitrogens with zero attached hydrogens (tertiary/aromatic N) is 6. The third-order valence-corrected chi connectivity index (χ3v) is 7.25. The van der Waals surface area contributed by atoms with E-state index in [0.29, 0.717) is 36.5 Å². The minimum absolute atomic E-state index is 0.0220. The molecular formula is C28H30F3N7O2. The second-order valence-corrected chi connectivity index (χ2v) is 10.3. The summed E-state index contributed by atoms with van der Waals surface area (Å²) in [6.45, 7) is 6.39. The number of carbonyl (C=O) groups is 1. The first-order valence-electron chi connectivity index (χ1n) is 12.8. The molecule has 1 aliphatic rings. The molecule has 1 aliphatic heterocycles. The molecule has 1 fully saturated rings. The highest BCUT2D eigenvalue weighted by Gasteiger charge is 2.49. The van der Waals surface area contributed by atoms with Gasteiger partial charge in [0.15, 0.2) is 5.69 Å². The first-order valence-corrected chi connectivity index (χ1v) is 12.8. The first kappa shape index (κ1) is 27.5. The van der Waals surface area contributed by atoms with E-state index in [1.54, 1.807) is 4.68 Å². The maximum absolute atomic E-state index is 13.3. The molecule has 2 aromatic carbocycles. The van der Waals surface area contributed by atoms with Crippen molar-refractivity contribution >= 4 is 5.91 Å². The quantitative estimate of drug-likeness (QED) is 0.384. The second-order valence-electron chi connectivity index (χ2n) is 10.3. The molecule has 1 atom stereocenters. The standard InChI is InChI=1S/C28H30F3N7O2/c1-18-15-23(25-33-24(35-40-25)20-7-9-22(10-8-20)27(2,32)28(29,30)31)34-38(18)17-19-5-4-6-21(16-19)26(39)37-13-11-36(3)12-14-37/h4-10,15-16H,11-14,17,32H2,1-3H3. The van der Waals surface area contributed by atoms with Crippen LogP contribution < -0.4 is 5.73 Å². The number of rotatable bonds is 6. The number of benzene rings is 2. The average Bonchev–Trinajstić information content (AvgIpc) is 3.55. The summed E-state index contributed by atoms with van der Waals surface area (Å²) in [7, 11) is 2.05. The van der Waals surface area contributed by atoms with Crippen LogP contribution in [-0.4, -0.2) is 75.0 Å². The van der Waals surface area contributed by atoms with Crippen LogP contribution in [0.4, 0.5) is 13.2 Å². The normalized spacial score (nSPS) is 16.2. The minimum atomic E-state index is -4.59. The molecule has 0 aliphatic carbocycles. The summed E-state index contributed by atoms with van der Waals surface area (Å²) in [6, 6.07) is 14.9. The molecular weight excluding hydrogens is 523 g/mol. The van der Waals surface area contributed by atoms with Crippen molar-refractivity contribution in [1.82, 2.24) is 29.7 Å². The fourth-order valence-electron chi connectivity index (χ4n) is 4.52. The van der Waals surface area contributed by atoms with E-state index >= 15 is 0 Å². The van der Waals surface area contributed by atoms with Gasteiger partial charge in [0.25, 0.3) is 11.8 Å². The van der Waals surface area contributed by atoms with Gasteiger partial charge in [-0.2, -0.15) is 23.3 Å². The SMILES string of the molecule is Cc1cc(-c2nc(-c3ccc(C(C)(N)C(F)(F)F)cc3)no2)nn1Cc1cccc(C(=O)N2CCN(C)CC2)c1. The number of likely N-dealkylation sites (N-methyl/N-ethyl adjacent to an activating group) is 1. The number of hydrogen-bond donors (Lipinski definition) is 1. The van der Waals surface area contributed by atoms with Crippen molar-refractivity contribution in [2.75, 3.05) is 33.2 Å². The zero-order chi connectivity index (χ0) is 28.7. The Morgan fingerprint density at radius 3 is 2.42 bits per heavy atom. The van der Waals surface area contributed by atoms with Gasteiger partial charge in [-0.15, -0.1) is 0 Å². The van der Waals surface area contributed by atoms with Crippen LogP contribution in [-0.2, 0) is 12.1 Å². The molecule has 12 heteroatoms. The number of aromatic nitrogens is 4. The number of aryl methyl sites for hydroxylation is 1. The monoisotopic (exact) mass is 553 g/mol. The van der Waals surface area contributed by atoms with Gasteiger partial charge in [-0.05, 0) is 50.2 Å². The number of halogens is 3. The second kappa shape index (κ2) is 10.5. The Hall–Kier alpha value is -4.03. The van der Waals surface area contributed by atoms with Gasteiger partial charge >= 0.3 is 6.18 Å². The Balaban J connectivity index is 1.30. The van der Waals surface area contributed by atoms with Crippen LogP contribution in [0.5, 0.6) is 0 Å². The largest absolute Gasteiger partial charge is 0.410 e. The first-order chi connectivity index (χ1) is 18.9. The van der Waals surface area contributed by atoms with E-state index in [4.69, 9.17) is 10.3 Å². The van der Waals surface area contributed by atoms with Crippen LogP contribution in [0, 0.1) is 6.92 Å². The Labute approximate surface area is 229 Å². The number of nitrogens with two attached hydrogens (primary N) is 1. The van der Waals surface area contributed by atoms with Crippen molar-refractivity contribution in [2.24, 2.45) is 5.73 Å². The van der Waals surface area contributed by atoms with Crippen molar-refractivity contribution < 1.29 is 22.5 Å². The summed E-state index contributed by atoms with van der Waals surface area (Å²) in [4.78, 5) is 21.5. The number of carbonyl (C=O) groups excluding carboxylic acids is 1. The predicted molar refractivity (Wildman–Crippen MR) is 142 cm³/mol. The molecule has 0 saturated carbocycles. The maximum Gasteiger partial charge on any atom is 0.410 e. The topological polar surface area (TPSA) is 106 Å². The molecule has 0 spiro atoms. The van der Waals surface area contributed by atoms with E-state index in [1.807, 2.05) is 49.2 Å². The van der Waals surface area contributed by atoms with E-state index in [2.05, 4.69) is 20.1 Å². The van der Waals surface area contributed by atoms with Crippen molar-refractivity contribution in [1.29, 1.82) is 0 Å². The van der Waals surface area contributed by atoms with Crippen molar-refractivity contribution in [3.05, 3.63) is 77.0 Å². The third-order valence-electron chi connectivity index (χ3n) is 7.25. The van der Waals surface area contributed by atoms with Crippen LogP contribution in [0.25, 0.3) is 23.0 Å². The van der Waals surface area contributed by atoms with Gasteiger partial charge < -0.3 is 20.1 Å². The van der Waals surface area contributed by atoms with E-state index < -0.39 is 11.7 Å². The van der Waals surface area contributed by atoms with Crippen LogP contribution in [0.2, 0.25) is 0 Å². The molecule has 2 aromatic heterocycles. The predicted octanol–water partition coefficient (Wildman–Crippen LogP) is 4.08. The summed E-state index contributed by atoms with van der Waals surface area (Å²) in [5.74, 6) is 0.419. The number of alkyl halides is 3. The maximum atomic E-state index is 13.3. The fraction of sp³-hybridized carbons (Fsp3) is 0.357. The Kier molecular flexibility index (Phi) is 7.23. The van der Waals surface area contributed by atoms with Gasteiger partial charge in [0.05, 0.1) is 6.54 Å². The fourth-order valence-corrected chi connectivity index (χ4v) is 4.52. The van der Waals surface area contributed by atoms with Crippen LogP contribution in [0.3, 0.4) is 0 Å². The Morgan fingerprint density at radius 2 is 1.75 bits per heavy atom. The lowest BCUT2D eigenvalue weighted by Crippen LogP contribution is -2.47. The summed E-state index contributed by atoms with van der Waals surface area (Å²) >= 11 is 0. The summed E-state index contributed by atoms with van der Waals surface area (Å²) < 4.78 is 47.0. The minimum Gasteiger partial charge on any atom is -0.336 e. The Morgan fingerprint density at radius 1 is 1.05 bits per heavy atom. The van der Waals surface area contributed by atoms with E-state index in [1.165, 1.54) is 24.3 Å². The molecule has 210 valence electrons. The molecule has 0 radical (unpaired) electrons. The van der Waals surface area contributed by atoms with Gasteiger partial charge in [-0.3, -0.25) is 9.48 Å². The average molecular weight is 554 g/mol. The summed E-state index contributed by atoms with van der Waals surface area (Å²) in [5, 5.41) is 8.58. The molecule has 1 saturated heterocycles. The third kappa shape index (κ3) is 5.50. The molecule has 9 nitrogen and oxygen atoms in total. The van der Waals surface area contributed by atoms with Crippen molar-refractivity contribution in [2.45, 2.75) is 32.1 Å². The highest BCUT2D eigenvalue weighted by molar-refractivity contribution is 5.94. The summed E-state index contributed by atoms with van der Waals surface area (Å²) in [5.41, 5.74) is 6.33. The van der Waals surface area contributed by atoms with Crippen molar-refractivity contribution in [3.8, 4) is 23.0 Å². The molecule has 0 bridgehead atoms. The zero-order valence-corrected chi connectivity index (χ0v) is 22.4. The molecule has 1 unspecified atom stereocenters. The number of hydrogen-bond acceptors (Lipinski definition) is 7. The van der Waals surface area contributed by atoms with Gasteiger partial charge in [-0.1, -0.05) is 41.6 Å². The van der Waals surface area contributed by atoms with Crippen LogP contribution in [0.1, 0.15) is 34.1 Å². The highest BCUT2D eigenvalue weighted by Crippen LogP contribution is 2.37. The van der Waals surface area contributed by atoms with Crippen LogP contribution in [0.15, 0.2) is 59.1 Å². The molecule has 3 heterocycles. The summed E-state index contributed by atoms with van der Waals surface area (Å²) in [6.07, 6.45) is -4.59. The lowest BCUT2D eigenvalue weighted by molar-refractivity contribution is -0.184. The van der Waals surface area contributed by atoms with E-state index in [-0.39, 0.29) is 23.2 Å². The lowest BCUT2D eigenvalue weighted by Gasteiger charge is -2.32. The van der Waals surface area contributed by atoms with Crippen LogP contribution >= 0.6 is 0 Å². The van der Waals surface area contributed by atoms with E-state index in [0.717, 1.165) is 31.3 Å². The van der Waals surface area contributed by atoms with Gasteiger partial charge in [0.1, 0.15) is 5.54 Å². The molecule has 40 heavy (non-hydrogen) atoms. The van der Waals surface area contributed by atoms with Crippen molar-refractivity contribution in [3.63, 3.8) is 0 Å². The van der Waals surface area contributed by atoms with Gasteiger partial charge in [0, 0.05) is 43.0 Å². The Bertz CT molecular complexity index is 1500. The molecule has 4 aromatic rings. The molecule has 5 rings (SSSR count). The van der Waals surface area contributed by atoms with Gasteiger partial charge in [-0.25, -0.2) is 0 Å². The van der Waals surface area contributed by atoms with E-state index in [9.17, 15) is 18.0 Å². The molecule has 1 amide bonds. The highest BCUT2D eigenvalue weighted by atomic mass is 19.4. The lowest BCUT2D eigenvalue weighted by atomic mass is 9.92. The number of amides is 1. The van der Waals surface area contributed by atoms with Gasteiger partial charge in [0.2, 0.25) is 5.82 Å². The number of piperazine rings is 1.